The fourth-order valence-corrected chi connectivity index (χ4v) is 5.31. The molecule has 0 saturated carbocycles. The zero-order valence-corrected chi connectivity index (χ0v) is 16.8. The van der Waals surface area contributed by atoms with Crippen molar-refractivity contribution in [2.24, 2.45) is 0 Å². The second kappa shape index (κ2) is 7.67. The van der Waals surface area contributed by atoms with Crippen LogP contribution in [0.5, 0.6) is 0 Å². The monoisotopic (exact) mass is 407 g/mol. The standard InChI is InChI=1S/C22H21N3O3S/c1-16-13-19-14-18(22(26)24-15-17-9-11-23-12-10-17)7-8-21(19)25(16)29(27,28)20-5-3-2-4-6-20/h2-12,14,16H,13,15H2,1H3,(H,24,26). The van der Waals surface area contributed by atoms with Gasteiger partial charge in [-0.3, -0.25) is 14.1 Å². The Morgan fingerprint density at radius 1 is 1.10 bits per heavy atom. The molecule has 1 amide bonds. The van der Waals surface area contributed by atoms with E-state index in [2.05, 4.69) is 10.3 Å². The lowest BCUT2D eigenvalue weighted by Gasteiger charge is -2.24. The fourth-order valence-electron chi connectivity index (χ4n) is 3.60. The van der Waals surface area contributed by atoms with E-state index >= 15 is 0 Å². The van der Waals surface area contributed by atoms with E-state index in [1.807, 2.05) is 19.1 Å². The van der Waals surface area contributed by atoms with Crippen LogP contribution in [0.3, 0.4) is 0 Å². The van der Waals surface area contributed by atoms with Crippen LogP contribution < -0.4 is 9.62 Å². The molecule has 0 fully saturated rings. The van der Waals surface area contributed by atoms with Gasteiger partial charge in [0.1, 0.15) is 0 Å². The normalized spacial score (nSPS) is 15.8. The molecule has 3 aromatic rings. The van der Waals surface area contributed by atoms with Gasteiger partial charge in [-0.1, -0.05) is 18.2 Å². The molecule has 0 spiro atoms. The van der Waals surface area contributed by atoms with E-state index in [1.54, 1.807) is 60.9 Å². The molecule has 1 aromatic heterocycles. The maximum atomic E-state index is 13.1. The minimum Gasteiger partial charge on any atom is -0.348 e. The molecular weight excluding hydrogens is 386 g/mol. The molecule has 0 bridgehead atoms. The largest absolute Gasteiger partial charge is 0.348 e. The van der Waals surface area contributed by atoms with E-state index < -0.39 is 10.0 Å². The van der Waals surface area contributed by atoms with E-state index in [1.165, 1.54) is 4.31 Å². The Labute approximate surface area is 170 Å². The molecule has 0 radical (unpaired) electrons. The number of hydrogen-bond acceptors (Lipinski definition) is 4. The zero-order chi connectivity index (χ0) is 20.4. The number of pyridine rings is 1. The van der Waals surface area contributed by atoms with Crippen LogP contribution in [0.25, 0.3) is 0 Å². The summed E-state index contributed by atoms with van der Waals surface area (Å²) in [6.07, 6.45) is 3.92. The van der Waals surface area contributed by atoms with Gasteiger partial charge in [0.05, 0.1) is 10.6 Å². The zero-order valence-electron chi connectivity index (χ0n) is 15.9. The van der Waals surface area contributed by atoms with Crippen LogP contribution in [0.2, 0.25) is 0 Å². The van der Waals surface area contributed by atoms with Gasteiger partial charge in [-0.05, 0) is 66.9 Å². The number of carbonyl (C=O) groups excluding carboxylic acids is 1. The molecule has 2 heterocycles. The minimum atomic E-state index is -3.65. The Balaban J connectivity index is 1.57. The van der Waals surface area contributed by atoms with Crippen molar-refractivity contribution < 1.29 is 13.2 Å². The van der Waals surface area contributed by atoms with E-state index in [-0.39, 0.29) is 16.8 Å². The van der Waals surface area contributed by atoms with Crippen molar-refractivity contribution in [3.63, 3.8) is 0 Å². The Kier molecular flexibility index (Phi) is 5.07. The second-order valence-corrected chi connectivity index (χ2v) is 8.86. The summed E-state index contributed by atoms with van der Waals surface area (Å²) in [7, 11) is -3.65. The summed E-state index contributed by atoms with van der Waals surface area (Å²) in [6, 6.07) is 17.1. The van der Waals surface area contributed by atoms with Crippen LogP contribution in [0, 0.1) is 0 Å². The summed E-state index contributed by atoms with van der Waals surface area (Å²) in [5.74, 6) is -0.193. The van der Waals surface area contributed by atoms with Gasteiger partial charge in [-0.25, -0.2) is 8.42 Å². The lowest BCUT2D eigenvalue weighted by atomic mass is 10.1. The topological polar surface area (TPSA) is 79.4 Å². The van der Waals surface area contributed by atoms with Gasteiger partial charge in [-0.2, -0.15) is 0 Å². The number of amides is 1. The molecule has 7 heteroatoms. The number of rotatable bonds is 5. The number of carbonyl (C=O) groups is 1. The minimum absolute atomic E-state index is 0.193. The van der Waals surface area contributed by atoms with Crippen molar-refractivity contribution in [3.05, 3.63) is 89.7 Å². The summed E-state index contributed by atoms with van der Waals surface area (Å²) in [5, 5.41) is 2.89. The highest BCUT2D eigenvalue weighted by Gasteiger charge is 2.36. The Hall–Kier alpha value is -3.19. The summed E-state index contributed by atoms with van der Waals surface area (Å²) in [6.45, 7) is 2.28. The van der Waals surface area contributed by atoms with Gasteiger partial charge in [0.15, 0.2) is 0 Å². The van der Waals surface area contributed by atoms with Crippen LogP contribution in [0.1, 0.15) is 28.4 Å². The van der Waals surface area contributed by atoms with Crippen molar-refractivity contribution in [1.82, 2.24) is 10.3 Å². The first-order chi connectivity index (χ1) is 14.0. The number of benzene rings is 2. The average Bonchev–Trinajstić information content (AvgIpc) is 3.09. The maximum absolute atomic E-state index is 13.1. The third-order valence-corrected chi connectivity index (χ3v) is 6.94. The van der Waals surface area contributed by atoms with Crippen LogP contribution in [-0.2, 0) is 23.0 Å². The Bertz CT molecular complexity index is 1130. The van der Waals surface area contributed by atoms with E-state index in [9.17, 15) is 13.2 Å². The third-order valence-electron chi connectivity index (χ3n) is 5.00. The predicted molar refractivity (Wildman–Crippen MR) is 111 cm³/mol. The molecule has 148 valence electrons. The summed E-state index contributed by atoms with van der Waals surface area (Å²) >= 11 is 0. The average molecular weight is 407 g/mol. The third kappa shape index (κ3) is 3.73. The van der Waals surface area contributed by atoms with Gasteiger partial charge >= 0.3 is 0 Å². The van der Waals surface area contributed by atoms with Crippen molar-refractivity contribution >= 4 is 21.6 Å². The molecule has 4 rings (SSSR count). The summed E-state index contributed by atoms with van der Waals surface area (Å²) < 4.78 is 27.7. The van der Waals surface area contributed by atoms with Gasteiger partial charge in [0, 0.05) is 30.5 Å². The molecule has 29 heavy (non-hydrogen) atoms. The number of fused-ring (bicyclic) bond motifs is 1. The second-order valence-electron chi connectivity index (χ2n) is 7.05. The molecule has 1 unspecified atom stereocenters. The van der Waals surface area contributed by atoms with Crippen LogP contribution >= 0.6 is 0 Å². The number of hydrogen-bond donors (Lipinski definition) is 1. The molecule has 6 nitrogen and oxygen atoms in total. The first-order valence-electron chi connectivity index (χ1n) is 9.36. The first-order valence-corrected chi connectivity index (χ1v) is 10.8. The summed E-state index contributed by atoms with van der Waals surface area (Å²) in [5.41, 5.74) is 2.97. The molecule has 1 atom stereocenters. The van der Waals surface area contributed by atoms with Gasteiger partial charge < -0.3 is 5.32 Å². The van der Waals surface area contributed by atoms with Crippen LogP contribution in [0.15, 0.2) is 78.0 Å². The smallest absolute Gasteiger partial charge is 0.264 e. The predicted octanol–water partition coefficient (Wildman–Crippen LogP) is 3.15. The van der Waals surface area contributed by atoms with Crippen LogP contribution in [0.4, 0.5) is 5.69 Å². The van der Waals surface area contributed by atoms with Crippen molar-refractivity contribution in [2.45, 2.75) is 30.8 Å². The molecule has 1 N–H and O–H groups in total. The fraction of sp³-hybridized carbons (Fsp3) is 0.182. The number of nitrogens with zero attached hydrogens (tertiary/aromatic N) is 2. The van der Waals surface area contributed by atoms with Gasteiger partial charge in [-0.15, -0.1) is 0 Å². The Morgan fingerprint density at radius 2 is 1.83 bits per heavy atom. The number of aromatic nitrogens is 1. The quantitative estimate of drug-likeness (QED) is 0.705. The summed E-state index contributed by atoms with van der Waals surface area (Å²) in [4.78, 5) is 16.8. The molecule has 2 aromatic carbocycles. The molecule has 1 aliphatic rings. The number of sulfonamides is 1. The van der Waals surface area contributed by atoms with Gasteiger partial charge in [0.2, 0.25) is 0 Å². The first kappa shape index (κ1) is 19.1. The number of nitrogens with one attached hydrogen (secondary N) is 1. The highest BCUT2D eigenvalue weighted by atomic mass is 32.2. The lowest BCUT2D eigenvalue weighted by molar-refractivity contribution is 0.0951. The van der Waals surface area contributed by atoms with Crippen LogP contribution in [-0.4, -0.2) is 25.4 Å². The number of anilines is 1. The highest BCUT2D eigenvalue weighted by Crippen LogP contribution is 2.37. The van der Waals surface area contributed by atoms with E-state index in [0.717, 1.165) is 11.1 Å². The van der Waals surface area contributed by atoms with Gasteiger partial charge in [0.25, 0.3) is 15.9 Å². The SMILES string of the molecule is CC1Cc2cc(C(=O)NCc3ccncc3)ccc2N1S(=O)(=O)c1ccccc1. The molecule has 0 aliphatic carbocycles. The van der Waals surface area contributed by atoms with Crippen molar-refractivity contribution in [1.29, 1.82) is 0 Å². The molecular formula is C22H21N3O3S. The lowest BCUT2D eigenvalue weighted by Crippen LogP contribution is -2.35. The van der Waals surface area contributed by atoms with E-state index in [4.69, 9.17) is 0 Å². The maximum Gasteiger partial charge on any atom is 0.264 e. The Morgan fingerprint density at radius 3 is 2.55 bits per heavy atom. The van der Waals surface area contributed by atoms with E-state index in [0.29, 0.717) is 24.2 Å². The van der Waals surface area contributed by atoms with Crippen molar-refractivity contribution in [3.8, 4) is 0 Å². The highest BCUT2D eigenvalue weighted by molar-refractivity contribution is 7.92. The van der Waals surface area contributed by atoms with Crippen molar-refractivity contribution in [2.75, 3.05) is 4.31 Å². The molecule has 0 saturated heterocycles. The molecule has 1 aliphatic heterocycles.